The van der Waals surface area contributed by atoms with E-state index in [1.54, 1.807) is 24.3 Å². The summed E-state index contributed by atoms with van der Waals surface area (Å²) in [5, 5.41) is 0.829. The summed E-state index contributed by atoms with van der Waals surface area (Å²) in [4.78, 5) is 0. The van der Waals surface area contributed by atoms with Crippen molar-refractivity contribution in [2.24, 2.45) is 0 Å². The van der Waals surface area contributed by atoms with Crippen LogP contribution in [-0.4, -0.2) is 0 Å². The van der Waals surface area contributed by atoms with Gasteiger partial charge in [-0.15, -0.1) is 0 Å². The van der Waals surface area contributed by atoms with Crippen LogP contribution in [-0.2, 0) is 6.42 Å². The highest BCUT2D eigenvalue weighted by molar-refractivity contribution is 6.15. The third-order valence-corrected chi connectivity index (χ3v) is 8.02. The average Bonchev–Trinajstić information content (AvgIpc) is 3.63. The second-order valence-electron chi connectivity index (χ2n) is 10.5. The molecular formula is C43H28O. The zero-order valence-electron chi connectivity index (χ0n) is 38.0. The minimum atomic E-state index is -0.650. The molecular weight excluding hydrogens is 532 g/mol. The van der Waals surface area contributed by atoms with Gasteiger partial charge in [0, 0.05) is 16.3 Å². The van der Waals surface area contributed by atoms with Crippen LogP contribution in [0.5, 0.6) is 0 Å². The van der Waals surface area contributed by atoms with Crippen LogP contribution < -0.4 is 0 Å². The third-order valence-electron chi connectivity index (χ3n) is 8.02. The molecule has 0 fully saturated rings. The van der Waals surface area contributed by atoms with Gasteiger partial charge in [-0.05, 0) is 72.6 Å². The highest BCUT2D eigenvalue weighted by Gasteiger charge is 2.17. The van der Waals surface area contributed by atoms with Gasteiger partial charge in [0.05, 0.1) is 20.6 Å². The highest BCUT2D eigenvalue weighted by atomic mass is 16.3. The Morgan fingerprint density at radius 1 is 0.500 bits per heavy atom. The zero-order valence-corrected chi connectivity index (χ0v) is 23.0. The lowest BCUT2D eigenvalue weighted by Gasteiger charge is -2.18. The number of fused-ring (bicyclic) bond motifs is 6. The molecule has 1 heterocycles. The van der Waals surface area contributed by atoms with E-state index in [2.05, 4.69) is 0 Å². The summed E-state index contributed by atoms with van der Waals surface area (Å²) in [5.74, 6) is 0. The second kappa shape index (κ2) is 9.97. The third kappa shape index (κ3) is 3.94. The van der Waals surface area contributed by atoms with E-state index < -0.39 is 97.1 Å². The molecule has 0 unspecified atom stereocenters. The fourth-order valence-electron chi connectivity index (χ4n) is 6.04. The summed E-state index contributed by atoms with van der Waals surface area (Å²) < 4.78 is 138. The summed E-state index contributed by atoms with van der Waals surface area (Å²) >= 11 is 0. The van der Waals surface area contributed by atoms with Gasteiger partial charge in [-0.3, -0.25) is 0 Å². The molecule has 0 amide bonds. The lowest BCUT2D eigenvalue weighted by Crippen LogP contribution is -1.95. The van der Waals surface area contributed by atoms with Crippen LogP contribution in [0.15, 0.2) is 162 Å². The first-order valence-corrected chi connectivity index (χ1v) is 14.0. The molecule has 9 aromatic rings. The average molecular weight is 576 g/mol. The van der Waals surface area contributed by atoms with E-state index in [1.165, 1.54) is 0 Å². The van der Waals surface area contributed by atoms with Gasteiger partial charge in [-0.2, -0.15) is 0 Å². The Labute approximate surface area is 276 Å². The largest absolute Gasteiger partial charge is 0.455 e. The topological polar surface area (TPSA) is 13.1 Å². The number of benzene rings is 8. The van der Waals surface area contributed by atoms with Gasteiger partial charge >= 0.3 is 0 Å². The molecule has 0 aliphatic rings. The van der Waals surface area contributed by atoms with Crippen molar-refractivity contribution in [3.8, 4) is 22.3 Å². The number of furan rings is 1. The molecule has 0 aliphatic carbocycles. The Kier molecular flexibility index (Phi) is 3.22. The van der Waals surface area contributed by atoms with Gasteiger partial charge in [0.1, 0.15) is 11.2 Å². The molecule has 0 atom stereocenters. The van der Waals surface area contributed by atoms with E-state index in [-0.39, 0.29) is 49.0 Å². The van der Waals surface area contributed by atoms with Gasteiger partial charge in [0.25, 0.3) is 0 Å². The predicted octanol–water partition coefficient (Wildman–Crippen LogP) is 12.0. The molecule has 8 aromatic carbocycles. The van der Waals surface area contributed by atoms with E-state index in [0.717, 1.165) is 27.5 Å². The SMILES string of the molecule is [2H]c1c([2H])c([2H])c2c([2H])c(Cc3c4c([2H])c([2H])c([2H])c([2H])c4c(-c4ccc(-c5cccc6c5oc5ccccc56)cc4)c4c([2H])c([2H])c([2H])c([2H])c34)c([2H])c([2H])c2c1[2H]. The molecule has 44 heavy (non-hydrogen) atoms. The maximum Gasteiger partial charge on any atom is 0.143 e. The van der Waals surface area contributed by atoms with Crippen LogP contribution in [0.25, 0.3) is 76.5 Å². The van der Waals surface area contributed by atoms with Crippen molar-refractivity contribution in [2.45, 2.75) is 6.42 Å². The summed E-state index contributed by atoms with van der Waals surface area (Å²) in [6, 6.07) is 11.8. The Balaban J connectivity index is 1.38. The smallest absolute Gasteiger partial charge is 0.143 e. The van der Waals surface area contributed by atoms with Gasteiger partial charge in [0.15, 0.2) is 0 Å². The lowest BCUT2D eigenvalue weighted by atomic mass is 9.86. The standard InChI is InChI=1S/C43H28O/c1-2-11-32-26-28(20-21-29(32)10-1)27-40-34-12-3-5-15-37(34)42(38-16-6-4-13-35(38)40)31-24-22-30(23-25-31)33-17-9-18-39-36-14-7-8-19-41(36)44-43(33)39/h1-26H,27H2/i1D,2D,3D,4D,5D,6D,10D,11D,12D,13D,15D,16D,20D,21D,26D. The number of para-hydroxylation sites is 2. The molecule has 0 aliphatic heterocycles. The maximum atomic E-state index is 9.25. The number of hydrogen-bond donors (Lipinski definition) is 0. The molecule has 0 radical (unpaired) electrons. The van der Waals surface area contributed by atoms with E-state index in [9.17, 15) is 6.85 Å². The van der Waals surface area contributed by atoms with Crippen molar-refractivity contribution >= 4 is 54.3 Å². The molecule has 1 aromatic heterocycles. The number of rotatable bonds is 4. The first kappa shape index (κ1) is 14.2. The van der Waals surface area contributed by atoms with E-state index in [1.807, 2.05) is 42.5 Å². The summed E-state index contributed by atoms with van der Waals surface area (Å²) in [6.45, 7) is 0. The Hall–Kier alpha value is -5.66. The first-order chi connectivity index (χ1) is 28.1. The second-order valence-corrected chi connectivity index (χ2v) is 10.5. The Morgan fingerprint density at radius 2 is 1.14 bits per heavy atom. The van der Waals surface area contributed by atoms with Crippen LogP contribution in [0.1, 0.15) is 31.7 Å². The summed E-state index contributed by atoms with van der Waals surface area (Å²) in [7, 11) is 0. The van der Waals surface area contributed by atoms with Gasteiger partial charge in [-0.25, -0.2) is 0 Å². The fourth-order valence-corrected chi connectivity index (χ4v) is 6.04. The van der Waals surface area contributed by atoms with Crippen molar-refractivity contribution in [1.82, 2.24) is 0 Å². The number of hydrogen-bond acceptors (Lipinski definition) is 1. The molecule has 9 rings (SSSR count). The van der Waals surface area contributed by atoms with Crippen molar-refractivity contribution in [1.29, 1.82) is 0 Å². The van der Waals surface area contributed by atoms with Gasteiger partial charge in [-0.1, -0.05) is 151 Å². The normalized spacial score (nSPS) is 16.5. The van der Waals surface area contributed by atoms with Crippen molar-refractivity contribution < 1.29 is 25.0 Å². The van der Waals surface area contributed by atoms with Crippen LogP contribution in [0, 0.1) is 0 Å². The lowest BCUT2D eigenvalue weighted by molar-refractivity contribution is 0.670. The van der Waals surface area contributed by atoms with E-state index in [4.69, 9.17) is 18.1 Å². The van der Waals surface area contributed by atoms with Crippen LogP contribution in [0.4, 0.5) is 0 Å². The van der Waals surface area contributed by atoms with Crippen molar-refractivity contribution in [3.63, 3.8) is 0 Å². The molecule has 0 N–H and O–H groups in total. The minimum Gasteiger partial charge on any atom is -0.455 e. The molecule has 1 nitrogen and oxygen atoms in total. The molecule has 0 spiro atoms. The quantitative estimate of drug-likeness (QED) is 0.190. The minimum absolute atomic E-state index is 0.0625. The molecule has 0 saturated carbocycles. The van der Waals surface area contributed by atoms with Gasteiger partial charge in [0.2, 0.25) is 0 Å². The highest BCUT2D eigenvalue weighted by Crippen LogP contribution is 2.42. The molecule has 0 saturated heterocycles. The Bertz CT molecular complexity index is 3270. The monoisotopic (exact) mass is 575 g/mol. The summed E-state index contributed by atoms with van der Waals surface area (Å²) in [6.07, 6.45) is -0.555. The predicted molar refractivity (Wildman–Crippen MR) is 186 cm³/mol. The Morgan fingerprint density at radius 3 is 1.91 bits per heavy atom. The van der Waals surface area contributed by atoms with Crippen LogP contribution in [0.3, 0.4) is 0 Å². The first-order valence-electron chi connectivity index (χ1n) is 21.5. The van der Waals surface area contributed by atoms with Crippen LogP contribution >= 0.6 is 0 Å². The summed E-state index contributed by atoms with van der Waals surface area (Å²) in [5.41, 5.74) is 3.10. The van der Waals surface area contributed by atoms with Crippen LogP contribution in [0.2, 0.25) is 0 Å². The van der Waals surface area contributed by atoms with Crippen molar-refractivity contribution in [2.75, 3.05) is 0 Å². The van der Waals surface area contributed by atoms with E-state index in [0.29, 0.717) is 11.1 Å². The zero-order chi connectivity index (χ0) is 42.1. The van der Waals surface area contributed by atoms with Crippen molar-refractivity contribution in [3.05, 3.63) is 168 Å². The van der Waals surface area contributed by atoms with Gasteiger partial charge < -0.3 is 4.42 Å². The molecule has 1 heteroatoms. The fraction of sp³-hybridized carbons (Fsp3) is 0.0233. The molecule has 0 bridgehead atoms. The molecule has 206 valence electrons. The van der Waals surface area contributed by atoms with E-state index >= 15 is 0 Å². The maximum absolute atomic E-state index is 9.25.